The summed E-state index contributed by atoms with van der Waals surface area (Å²) in [5.41, 5.74) is 0.482. The van der Waals surface area contributed by atoms with Gasteiger partial charge in [-0.05, 0) is 6.42 Å². The van der Waals surface area contributed by atoms with E-state index >= 15 is 0 Å². The van der Waals surface area contributed by atoms with Crippen LogP contribution in [0.2, 0.25) is 0 Å². The van der Waals surface area contributed by atoms with Crippen molar-refractivity contribution in [3.8, 4) is 0 Å². The van der Waals surface area contributed by atoms with E-state index in [2.05, 4.69) is 4.98 Å². The molecule has 19 heavy (non-hydrogen) atoms. The van der Waals surface area contributed by atoms with Crippen LogP contribution >= 0.6 is 15.2 Å². The Morgan fingerprint density at radius 2 is 1.79 bits per heavy atom. The van der Waals surface area contributed by atoms with E-state index in [0.717, 1.165) is 10.9 Å². The van der Waals surface area contributed by atoms with Crippen molar-refractivity contribution in [3.63, 3.8) is 0 Å². The molecule has 0 spiro atoms. The van der Waals surface area contributed by atoms with Crippen LogP contribution in [0.4, 0.5) is 0 Å². The molecule has 0 aliphatic heterocycles. The molecule has 5 N–H and O–H groups in total. The molecule has 0 atom stereocenters. The van der Waals surface area contributed by atoms with Gasteiger partial charge in [0.05, 0.1) is 12.9 Å². The van der Waals surface area contributed by atoms with Crippen molar-refractivity contribution in [1.29, 1.82) is 0 Å². The summed E-state index contributed by atoms with van der Waals surface area (Å²) in [5.74, 6) is 0. The molecular formula is C7H16CaN2O7P2. The molecule has 1 aromatic heterocycles. The number of aromatic nitrogens is 2. The molecule has 0 aromatic carbocycles. The van der Waals surface area contributed by atoms with Crippen LogP contribution in [0.25, 0.3) is 0 Å². The number of hydrogen-bond donors (Lipinski definition) is 5. The van der Waals surface area contributed by atoms with Crippen molar-refractivity contribution in [2.45, 2.75) is 25.0 Å². The third-order valence-electron chi connectivity index (χ3n) is 2.48. The summed E-state index contributed by atoms with van der Waals surface area (Å²) in [7, 11) is -10.9. The van der Waals surface area contributed by atoms with Crippen LogP contribution in [-0.2, 0) is 22.1 Å². The van der Waals surface area contributed by atoms with Gasteiger partial charge in [-0.3, -0.25) is 9.13 Å². The smallest absolute Gasteiger partial charge is 1.00 e. The molecule has 0 unspecified atom stereocenters. The molecule has 1 rings (SSSR count). The third kappa shape index (κ3) is 4.11. The maximum Gasteiger partial charge on any atom is 2.00 e. The van der Waals surface area contributed by atoms with E-state index in [-0.39, 0.29) is 40.6 Å². The minimum Gasteiger partial charge on any atom is -1.00 e. The van der Waals surface area contributed by atoms with Crippen molar-refractivity contribution < 1.29 is 36.7 Å². The maximum absolute atomic E-state index is 11.1. The van der Waals surface area contributed by atoms with E-state index in [4.69, 9.17) is 19.6 Å². The molecule has 108 valence electrons. The van der Waals surface area contributed by atoms with Crippen LogP contribution in [0.1, 0.15) is 15.5 Å². The van der Waals surface area contributed by atoms with Crippen LogP contribution in [-0.4, -0.2) is 77.1 Å². The largest absolute Gasteiger partial charge is 2.00 e. The van der Waals surface area contributed by atoms with Gasteiger partial charge in [-0.1, -0.05) is 6.92 Å². The Morgan fingerprint density at radius 3 is 2.16 bits per heavy atom. The molecule has 0 amide bonds. The van der Waals surface area contributed by atoms with Gasteiger partial charge < -0.3 is 32.1 Å². The molecule has 0 bridgehead atoms. The number of imidazole rings is 1. The molecule has 1 aromatic rings. The summed E-state index contributed by atoms with van der Waals surface area (Å²) in [5, 5.41) is 6.25. The quantitative estimate of drug-likeness (QED) is 0.347. The molecule has 9 nitrogen and oxygen atoms in total. The first kappa shape index (κ1) is 19.7. The van der Waals surface area contributed by atoms with Gasteiger partial charge >= 0.3 is 52.9 Å². The van der Waals surface area contributed by atoms with Crippen LogP contribution in [0, 0.1) is 0 Å². The van der Waals surface area contributed by atoms with Crippen molar-refractivity contribution in [2.75, 3.05) is 0 Å². The second-order valence-electron chi connectivity index (χ2n) is 3.73. The number of nitrogens with zero attached hydrogens (tertiary/aromatic N) is 2. The van der Waals surface area contributed by atoms with E-state index in [1.807, 2.05) is 0 Å². The monoisotopic (exact) mass is 342 g/mol. The number of hydrogen-bond acceptors (Lipinski definition) is 4. The van der Waals surface area contributed by atoms with Crippen molar-refractivity contribution in [2.24, 2.45) is 0 Å². The molecule has 0 aliphatic carbocycles. The Kier molecular flexibility index (Phi) is 6.92. The van der Waals surface area contributed by atoms with Crippen LogP contribution in [0.5, 0.6) is 0 Å². The maximum atomic E-state index is 11.1. The summed E-state index contributed by atoms with van der Waals surface area (Å²) in [6, 6.07) is 0. The van der Waals surface area contributed by atoms with Gasteiger partial charge in [-0.15, -0.1) is 0 Å². The Labute approximate surface area is 142 Å². The predicted molar refractivity (Wildman–Crippen MR) is 68.6 cm³/mol. The molecule has 0 radical (unpaired) electrons. The summed E-state index contributed by atoms with van der Waals surface area (Å²) in [6.45, 7) is 0.784. The van der Waals surface area contributed by atoms with Gasteiger partial charge in [-0.2, -0.15) is 0 Å². The summed E-state index contributed by atoms with van der Waals surface area (Å²) in [4.78, 5) is 39.6. The Bertz CT molecular complexity index is 509. The Balaban J connectivity index is -0.00000108. The first-order valence-corrected chi connectivity index (χ1v) is 8.08. The van der Waals surface area contributed by atoms with Gasteiger partial charge in [0.1, 0.15) is 0 Å². The van der Waals surface area contributed by atoms with Gasteiger partial charge in [0.15, 0.2) is 0 Å². The zero-order valence-corrected chi connectivity index (χ0v) is 14.1. The zero-order chi connectivity index (χ0) is 14.2. The third-order valence-corrected chi connectivity index (χ3v) is 6.19. The molecule has 0 aliphatic rings. The normalized spacial score (nSPS) is 13.2. The predicted octanol–water partition coefficient (Wildman–Crippen LogP) is -0.709. The molecule has 0 saturated carbocycles. The van der Waals surface area contributed by atoms with E-state index < -0.39 is 26.8 Å². The molecule has 0 saturated heterocycles. The first-order chi connectivity index (χ1) is 8.03. The van der Waals surface area contributed by atoms with Crippen LogP contribution in [0.15, 0.2) is 12.5 Å². The van der Waals surface area contributed by atoms with Gasteiger partial charge in [0, 0.05) is 11.9 Å². The summed E-state index contributed by atoms with van der Waals surface area (Å²) in [6.07, 6.45) is 2.94. The zero-order valence-electron chi connectivity index (χ0n) is 12.1. The van der Waals surface area contributed by atoms with E-state index in [9.17, 15) is 14.2 Å². The Hall–Kier alpha value is 0.730. The number of rotatable bonds is 5. The molecular weight excluding hydrogens is 326 g/mol. The molecule has 12 heteroatoms. The van der Waals surface area contributed by atoms with Crippen LogP contribution < -0.4 is 0 Å². The molecule has 1 heterocycles. The number of aliphatic hydroxyl groups is 1. The van der Waals surface area contributed by atoms with Gasteiger partial charge in [0.25, 0.3) is 5.08 Å². The van der Waals surface area contributed by atoms with E-state index in [1.165, 1.54) is 6.20 Å². The van der Waals surface area contributed by atoms with Crippen LogP contribution in [0.3, 0.4) is 0 Å². The van der Waals surface area contributed by atoms with E-state index in [0.29, 0.717) is 12.1 Å². The topological polar surface area (TPSA) is 153 Å². The average molecular weight is 342 g/mol. The fourth-order valence-electron chi connectivity index (χ4n) is 1.37. The standard InChI is InChI=1S/C7H14N2O7P2.Ca.2H/c1-2-6-3-8-5-9(6)4-7(10,17(11,12)13)18(14,15)16;;;/h3,5,10H,2,4H2,1H3,(H2,11,12,13)(H2,14,15,16);;;/q;+2;2*-1. The van der Waals surface area contributed by atoms with E-state index in [1.54, 1.807) is 6.92 Å². The first-order valence-electron chi connectivity index (χ1n) is 4.85. The number of aryl methyl sites for hydroxylation is 1. The second kappa shape index (κ2) is 6.66. The van der Waals surface area contributed by atoms with Crippen molar-refractivity contribution in [3.05, 3.63) is 18.2 Å². The van der Waals surface area contributed by atoms with Crippen molar-refractivity contribution in [1.82, 2.24) is 9.55 Å². The minimum atomic E-state index is -5.44. The minimum absolute atomic E-state index is 0. The fourth-order valence-corrected chi connectivity index (χ4v) is 3.40. The Morgan fingerprint density at radius 1 is 1.32 bits per heavy atom. The van der Waals surface area contributed by atoms with Gasteiger partial charge in [-0.25, -0.2) is 4.98 Å². The molecule has 0 fully saturated rings. The summed E-state index contributed by atoms with van der Waals surface area (Å²) < 4.78 is 23.4. The SMILES string of the molecule is CCc1cncn1CC(O)(P(=O)(O)O)P(=O)(O)O.[Ca+2].[H-].[H-]. The summed E-state index contributed by atoms with van der Waals surface area (Å²) >= 11 is 0. The van der Waals surface area contributed by atoms with Crippen molar-refractivity contribution >= 4 is 52.9 Å². The van der Waals surface area contributed by atoms with Gasteiger partial charge in [0.2, 0.25) is 0 Å². The fraction of sp³-hybridized carbons (Fsp3) is 0.571. The second-order valence-corrected chi connectivity index (χ2v) is 7.74. The average Bonchev–Trinajstić information content (AvgIpc) is 2.61.